The van der Waals surface area contributed by atoms with Gasteiger partial charge in [0.25, 0.3) is 11.5 Å². The maximum atomic E-state index is 13.7. The average molecular weight is 502 g/mol. The minimum Gasteiger partial charge on any atom is -0.379 e. The first-order valence-corrected chi connectivity index (χ1v) is 13.1. The van der Waals surface area contributed by atoms with E-state index >= 15 is 0 Å². The molecular formula is C29H35N5O3. The van der Waals surface area contributed by atoms with Gasteiger partial charge in [0, 0.05) is 43.6 Å². The number of aryl methyl sites for hydroxylation is 1. The summed E-state index contributed by atoms with van der Waals surface area (Å²) in [6, 6.07) is 15.8. The number of benzene rings is 2. The Labute approximate surface area is 217 Å². The molecule has 1 amide bonds. The first-order valence-electron chi connectivity index (χ1n) is 13.1. The Kier molecular flexibility index (Phi) is 7.67. The molecule has 1 saturated carbocycles. The molecule has 2 heterocycles. The highest BCUT2D eigenvalue weighted by molar-refractivity contribution is 5.95. The number of nitrogens with zero attached hydrogens (tertiary/aromatic N) is 3. The van der Waals surface area contributed by atoms with Gasteiger partial charge in [-0.05, 0) is 48.9 Å². The van der Waals surface area contributed by atoms with Crippen molar-refractivity contribution >= 4 is 11.7 Å². The lowest BCUT2D eigenvalue weighted by molar-refractivity contribution is 0.0305. The molecule has 2 atom stereocenters. The smallest absolute Gasteiger partial charge is 0.297 e. The van der Waals surface area contributed by atoms with Crippen LogP contribution in [-0.4, -0.2) is 59.2 Å². The molecule has 194 valence electrons. The number of anilines is 1. The summed E-state index contributed by atoms with van der Waals surface area (Å²) in [7, 11) is 0. The highest BCUT2D eigenvalue weighted by Gasteiger charge is 2.26. The molecule has 2 fully saturated rings. The summed E-state index contributed by atoms with van der Waals surface area (Å²) in [6.07, 6.45) is 5.34. The summed E-state index contributed by atoms with van der Waals surface area (Å²) in [5.41, 5.74) is 2.99. The second kappa shape index (κ2) is 11.3. The summed E-state index contributed by atoms with van der Waals surface area (Å²) in [5, 5.41) is 6.49. The number of hydrogen-bond acceptors (Lipinski definition) is 6. The van der Waals surface area contributed by atoms with Crippen molar-refractivity contribution in [1.29, 1.82) is 0 Å². The normalized spacial score (nSPS) is 17.7. The third-order valence-electron chi connectivity index (χ3n) is 7.15. The SMILES string of the molecule is Cc1ccc(C(=O)NC2CC2)cc1-n1ccnc(N[C@@H](c2ccccc2)[C@H](C)CN2CCOCC2)c1=O. The van der Waals surface area contributed by atoms with Gasteiger partial charge in [0.2, 0.25) is 0 Å². The lowest BCUT2D eigenvalue weighted by Crippen LogP contribution is -2.41. The molecule has 0 spiro atoms. The van der Waals surface area contributed by atoms with E-state index in [1.165, 1.54) is 0 Å². The molecule has 8 nitrogen and oxygen atoms in total. The monoisotopic (exact) mass is 501 g/mol. The lowest BCUT2D eigenvalue weighted by Gasteiger charge is -2.33. The Morgan fingerprint density at radius 1 is 1.14 bits per heavy atom. The molecule has 8 heteroatoms. The molecule has 0 radical (unpaired) electrons. The third kappa shape index (κ3) is 6.09. The molecule has 2 aromatic carbocycles. The Hall–Kier alpha value is -3.49. The first-order chi connectivity index (χ1) is 18.0. The molecular weight excluding hydrogens is 466 g/mol. The standard InChI is InChI=1S/C29H35N5O3/c1-20-8-9-23(28(35)31-24-10-11-24)18-25(20)34-13-12-30-27(29(34)36)32-26(22-6-4-3-5-7-22)21(2)19-33-14-16-37-17-15-33/h3-9,12-13,18,21,24,26H,10-11,14-17,19H2,1-2H3,(H,30,32)(H,31,35)/t21-,26-/m1/s1. The van der Waals surface area contributed by atoms with Crippen molar-refractivity contribution in [2.75, 3.05) is 38.2 Å². The molecule has 5 rings (SSSR count). The van der Waals surface area contributed by atoms with Gasteiger partial charge < -0.3 is 15.4 Å². The quantitative estimate of drug-likeness (QED) is 0.466. The fraction of sp³-hybridized carbons (Fsp3) is 0.414. The van der Waals surface area contributed by atoms with Crippen molar-refractivity contribution in [3.63, 3.8) is 0 Å². The Balaban J connectivity index is 1.43. The largest absolute Gasteiger partial charge is 0.379 e. The van der Waals surface area contributed by atoms with Crippen LogP contribution in [0.25, 0.3) is 5.69 Å². The van der Waals surface area contributed by atoms with Gasteiger partial charge in [0.05, 0.1) is 24.9 Å². The number of aromatic nitrogens is 2. The highest BCUT2D eigenvalue weighted by Crippen LogP contribution is 2.27. The summed E-state index contributed by atoms with van der Waals surface area (Å²) < 4.78 is 7.09. The van der Waals surface area contributed by atoms with Gasteiger partial charge in [-0.2, -0.15) is 0 Å². The zero-order chi connectivity index (χ0) is 25.8. The topological polar surface area (TPSA) is 88.5 Å². The average Bonchev–Trinajstić information content (AvgIpc) is 3.73. The van der Waals surface area contributed by atoms with Crippen molar-refractivity contribution in [2.45, 2.75) is 38.8 Å². The van der Waals surface area contributed by atoms with Gasteiger partial charge in [-0.25, -0.2) is 4.98 Å². The van der Waals surface area contributed by atoms with E-state index in [0.29, 0.717) is 11.3 Å². The number of amides is 1. The summed E-state index contributed by atoms with van der Waals surface area (Å²) in [5.74, 6) is 0.397. The minimum absolute atomic E-state index is 0.100. The Morgan fingerprint density at radius 2 is 1.89 bits per heavy atom. The number of rotatable bonds is 9. The van der Waals surface area contributed by atoms with E-state index in [1.807, 2.05) is 31.2 Å². The summed E-state index contributed by atoms with van der Waals surface area (Å²) in [4.78, 5) is 33.2. The molecule has 0 unspecified atom stereocenters. The van der Waals surface area contributed by atoms with E-state index in [0.717, 1.165) is 56.8 Å². The van der Waals surface area contributed by atoms with Gasteiger partial charge in [-0.1, -0.05) is 43.3 Å². The second-order valence-electron chi connectivity index (χ2n) is 10.1. The van der Waals surface area contributed by atoms with E-state index in [4.69, 9.17) is 4.74 Å². The van der Waals surface area contributed by atoms with Crippen molar-refractivity contribution < 1.29 is 9.53 Å². The predicted octanol–water partition coefficient (Wildman–Crippen LogP) is 3.55. The van der Waals surface area contributed by atoms with Gasteiger partial charge in [-0.15, -0.1) is 0 Å². The molecule has 1 saturated heterocycles. The summed E-state index contributed by atoms with van der Waals surface area (Å²) >= 11 is 0. The number of nitrogens with one attached hydrogen (secondary N) is 2. The van der Waals surface area contributed by atoms with E-state index in [2.05, 4.69) is 39.6 Å². The number of carbonyl (C=O) groups is 1. The first kappa shape index (κ1) is 25.2. The van der Waals surface area contributed by atoms with Crippen LogP contribution in [0.1, 0.15) is 47.3 Å². The lowest BCUT2D eigenvalue weighted by atomic mass is 9.93. The van der Waals surface area contributed by atoms with Crippen LogP contribution < -0.4 is 16.2 Å². The third-order valence-corrected chi connectivity index (χ3v) is 7.15. The molecule has 1 aromatic heterocycles. The van der Waals surface area contributed by atoms with Crippen LogP contribution >= 0.6 is 0 Å². The van der Waals surface area contributed by atoms with Gasteiger partial charge in [0.15, 0.2) is 5.82 Å². The molecule has 2 N–H and O–H groups in total. The van der Waals surface area contributed by atoms with Crippen LogP contribution in [0, 0.1) is 12.8 Å². The number of ether oxygens (including phenoxy) is 1. The van der Waals surface area contributed by atoms with Crippen molar-refractivity contribution in [2.24, 2.45) is 5.92 Å². The molecule has 1 aliphatic heterocycles. The van der Waals surface area contributed by atoms with E-state index < -0.39 is 0 Å². The van der Waals surface area contributed by atoms with Crippen molar-refractivity contribution in [1.82, 2.24) is 19.8 Å². The highest BCUT2D eigenvalue weighted by atomic mass is 16.5. The number of hydrogen-bond donors (Lipinski definition) is 2. The van der Waals surface area contributed by atoms with E-state index in [-0.39, 0.29) is 35.3 Å². The van der Waals surface area contributed by atoms with Crippen molar-refractivity contribution in [3.05, 3.63) is 88.0 Å². The van der Waals surface area contributed by atoms with Crippen LogP contribution in [0.3, 0.4) is 0 Å². The Bertz CT molecular complexity index is 1280. The van der Waals surface area contributed by atoms with Crippen molar-refractivity contribution in [3.8, 4) is 5.69 Å². The van der Waals surface area contributed by atoms with Gasteiger partial charge in [-0.3, -0.25) is 19.1 Å². The van der Waals surface area contributed by atoms with Crippen LogP contribution in [0.2, 0.25) is 0 Å². The van der Waals surface area contributed by atoms with Gasteiger partial charge >= 0.3 is 0 Å². The van der Waals surface area contributed by atoms with E-state index in [9.17, 15) is 9.59 Å². The Morgan fingerprint density at radius 3 is 2.62 bits per heavy atom. The van der Waals surface area contributed by atoms with Crippen LogP contribution in [0.4, 0.5) is 5.82 Å². The zero-order valence-corrected chi connectivity index (χ0v) is 21.5. The maximum absolute atomic E-state index is 13.7. The fourth-order valence-electron chi connectivity index (χ4n) is 4.87. The molecule has 37 heavy (non-hydrogen) atoms. The van der Waals surface area contributed by atoms with Crippen LogP contribution in [-0.2, 0) is 4.74 Å². The van der Waals surface area contributed by atoms with Crippen LogP contribution in [0.5, 0.6) is 0 Å². The second-order valence-corrected chi connectivity index (χ2v) is 10.1. The van der Waals surface area contributed by atoms with E-state index in [1.54, 1.807) is 29.1 Å². The van der Waals surface area contributed by atoms with Crippen LogP contribution in [0.15, 0.2) is 65.7 Å². The summed E-state index contributed by atoms with van der Waals surface area (Å²) in [6.45, 7) is 8.34. The molecule has 0 bridgehead atoms. The van der Waals surface area contributed by atoms with Gasteiger partial charge in [0.1, 0.15) is 0 Å². The number of carbonyl (C=O) groups excluding carboxylic acids is 1. The molecule has 1 aliphatic carbocycles. The fourth-order valence-corrected chi connectivity index (χ4v) is 4.87. The predicted molar refractivity (Wildman–Crippen MR) is 144 cm³/mol. The zero-order valence-electron chi connectivity index (χ0n) is 21.5. The molecule has 3 aromatic rings. The minimum atomic E-state index is -0.246. The molecule has 2 aliphatic rings. The number of morpholine rings is 1. The maximum Gasteiger partial charge on any atom is 0.297 e.